The van der Waals surface area contributed by atoms with Crippen LogP contribution in [0.5, 0.6) is 0 Å². The van der Waals surface area contributed by atoms with Crippen molar-refractivity contribution in [3.05, 3.63) is 69.9 Å². The van der Waals surface area contributed by atoms with Gasteiger partial charge in [-0.3, -0.25) is 4.79 Å². The quantitative estimate of drug-likeness (QED) is 0.141. The van der Waals surface area contributed by atoms with Gasteiger partial charge in [-0.15, -0.1) is 11.3 Å². The maximum absolute atomic E-state index is 12.9. The van der Waals surface area contributed by atoms with Crippen molar-refractivity contribution in [3.63, 3.8) is 0 Å². The molecule has 5 rings (SSSR count). The molecule has 0 spiro atoms. The molecule has 0 unspecified atom stereocenters. The van der Waals surface area contributed by atoms with Gasteiger partial charge in [-0.1, -0.05) is 43.0 Å². The Kier molecular flexibility index (Phi) is 5.83. The summed E-state index contributed by atoms with van der Waals surface area (Å²) >= 11 is 1.47. The standard InChI is InChI=1S/C27H28N2O2S/c1-2-29-24-13-10-19(23(28-31)12-9-18-6-3-4-7-18)16-21(24)22-17-20(11-14-25(22)29)27(30)26-8-5-15-32-26/h5,8,10-11,13-18,31H,2-4,6-7,9,12H2,1H3/b28-23+. The number of aromatic nitrogens is 1. The minimum atomic E-state index is 0.0598. The monoisotopic (exact) mass is 444 g/mol. The molecule has 2 aromatic carbocycles. The van der Waals surface area contributed by atoms with Gasteiger partial charge in [-0.05, 0) is 67.5 Å². The summed E-state index contributed by atoms with van der Waals surface area (Å²) in [5.74, 6) is 0.813. The molecule has 1 fully saturated rings. The highest BCUT2D eigenvalue weighted by Crippen LogP contribution is 2.33. The van der Waals surface area contributed by atoms with E-state index in [1.54, 1.807) is 0 Å². The number of aryl methyl sites for hydroxylation is 1. The highest BCUT2D eigenvalue weighted by atomic mass is 32.1. The van der Waals surface area contributed by atoms with Crippen molar-refractivity contribution in [3.8, 4) is 0 Å². The van der Waals surface area contributed by atoms with Crippen LogP contribution in [0.2, 0.25) is 0 Å². The van der Waals surface area contributed by atoms with E-state index in [4.69, 9.17) is 0 Å². The summed E-state index contributed by atoms with van der Waals surface area (Å²) in [6.45, 7) is 2.99. The lowest BCUT2D eigenvalue weighted by molar-refractivity contribution is 0.104. The first-order valence-corrected chi connectivity index (χ1v) is 12.4. The van der Waals surface area contributed by atoms with Crippen molar-refractivity contribution in [2.45, 2.75) is 52.0 Å². The fourth-order valence-electron chi connectivity index (χ4n) is 5.21. The van der Waals surface area contributed by atoms with Gasteiger partial charge in [0.1, 0.15) is 0 Å². The first-order chi connectivity index (χ1) is 15.7. The second kappa shape index (κ2) is 8.91. The van der Waals surface area contributed by atoms with E-state index in [-0.39, 0.29) is 5.78 Å². The van der Waals surface area contributed by atoms with Gasteiger partial charge in [0.15, 0.2) is 0 Å². The van der Waals surface area contributed by atoms with E-state index in [1.807, 2.05) is 29.6 Å². The molecular weight excluding hydrogens is 416 g/mol. The summed E-state index contributed by atoms with van der Waals surface area (Å²) in [6, 6.07) is 16.1. The fraction of sp³-hybridized carbons (Fsp3) is 0.333. The Hall–Kier alpha value is -2.92. The van der Waals surface area contributed by atoms with E-state index in [9.17, 15) is 10.0 Å². The van der Waals surface area contributed by atoms with Crippen molar-refractivity contribution in [2.75, 3.05) is 0 Å². The molecule has 2 aromatic heterocycles. The van der Waals surface area contributed by atoms with E-state index in [0.717, 1.165) is 63.3 Å². The average molecular weight is 445 g/mol. The molecule has 0 bridgehead atoms. The second-order valence-electron chi connectivity index (χ2n) is 8.75. The zero-order chi connectivity index (χ0) is 22.1. The van der Waals surface area contributed by atoms with E-state index in [1.165, 1.54) is 37.0 Å². The molecule has 0 saturated heterocycles. The first-order valence-electron chi connectivity index (χ1n) is 11.5. The average Bonchev–Trinajstić information content (AvgIpc) is 3.59. The molecule has 164 valence electrons. The highest BCUT2D eigenvalue weighted by molar-refractivity contribution is 7.12. The van der Waals surface area contributed by atoms with Crippen LogP contribution >= 0.6 is 11.3 Å². The van der Waals surface area contributed by atoms with Gasteiger partial charge < -0.3 is 9.77 Å². The second-order valence-corrected chi connectivity index (χ2v) is 9.70. The third-order valence-electron chi connectivity index (χ3n) is 6.91. The van der Waals surface area contributed by atoms with Crippen molar-refractivity contribution in [2.24, 2.45) is 11.1 Å². The predicted molar refractivity (Wildman–Crippen MR) is 132 cm³/mol. The number of carbonyl (C=O) groups excluding carboxylic acids is 1. The summed E-state index contributed by atoms with van der Waals surface area (Å²) in [6.07, 6.45) is 7.11. The van der Waals surface area contributed by atoms with Crippen LogP contribution in [0.4, 0.5) is 0 Å². The van der Waals surface area contributed by atoms with Gasteiger partial charge in [0.25, 0.3) is 0 Å². The molecule has 0 amide bonds. The van der Waals surface area contributed by atoms with Crippen LogP contribution in [0.1, 0.15) is 66.2 Å². The third kappa shape index (κ3) is 3.75. The predicted octanol–water partition coefficient (Wildman–Crippen LogP) is 7.26. The molecular formula is C27H28N2O2S. The summed E-state index contributed by atoms with van der Waals surface area (Å²) in [7, 11) is 0. The first kappa shape index (κ1) is 21.0. The molecule has 1 aliphatic carbocycles. The third-order valence-corrected chi connectivity index (χ3v) is 7.77. The van der Waals surface area contributed by atoms with Crippen LogP contribution in [-0.4, -0.2) is 21.3 Å². The maximum atomic E-state index is 12.9. The summed E-state index contributed by atoms with van der Waals surface area (Å²) in [4.78, 5) is 13.7. The number of oxime groups is 1. The SMILES string of the molecule is CCn1c2ccc(C(=O)c3cccs3)cc2c2cc(/C(CCC3CCCC3)=N/O)ccc21. The topological polar surface area (TPSA) is 54.6 Å². The Labute approximate surface area is 192 Å². The lowest BCUT2D eigenvalue weighted by Gasteiger charge is -2.10. The van der Waals surface area contributed by atoms with Crippen LogP contribution in [0.15, 0.2) is 59.1 Å². The Morgan fingerprint density at radius 2 is 1.75 bits per heavy atom. The van der Waals surface area contributed by atoms with Crippen LogP contribution in [0.3, 0.4) is 0 Å². The summed E-state index contributed by atoms with van der Waals surface area (Å²) in [5.41, 5.74) is 4.68. The minimum Gasteiger partial charge on any atom is -0.411 e. The number of nitrogens with zero attached hydrogens (tertiary/aromatic N) is 2. The molecule has 0 aliphatic heterocycles. The number of ketones is 1. The minimum absolute atomic E-state index is 0.0598. The number of thiophene rings is 1. The smallest absolute Gasteiger partial charge is 0.202 e. The zero-order valence-corrected chi connectivity index (χ0v) is 19.2. The number of fused-ring (bicyclic) bond motifs is 3. The van der Waals surface area contributed by atoms with Crippen LogP contribution < -0.4 is 0 Å². The molecule has 1 saturated carbocycles. The van der Waals surface area contributed by atoms with E-state index < -0.39 is 0 Å². The van der Waals surface area contributed by atoms with E-state index in [2.05, 4.69) is 40.9 Å². The Bertz CT molecular complexity index is 1290. The molecule has 0 radical (unpaired) electrons. The summed E-state index contributed by atoms with van der Waals surface area (Å²) in [5, 5.41) is 17.5. The molecule has 2 heterocycles. The van der Waals surface area contributed by atoms with Crippen molar-refractivity contribution >= 4 is 44.6 Å². The molecule has 1 aliphatic rings. The Balaban J connectivity index is 1.56. The van der Waals surface area contributed by atoms with Gasteiger partial charge in [-0.25, -0.2) is 0 Å². The van der Waals surface area contributed by atoms with Crippen molar-refractivity contribution < 1.29 is 10.0 Å². The Morgan fingerprint density at radius 3 is 2.38 bits per heavy atom. The maximum Gasteiger partial charge on any atom is 0.202 e. The van der Waals surface area contributed by atoms with Gasteiger partial charge >= 0.3 is 0 Å². The molecule has 32 heavy (non-hydrogen) atoms. The van der Waals surface area contributed by atoms with Crippen molar-refractivity contribution in [1.29, 1.82) is 0 Å². The number of hydrogen-bond donors (Lipinski definition) is 1. The van der Waals surface area contributed by atoms with Crippen LogP contribution in [-0.2, 0) is 6.54 Å². The number of carbonyl (C=O) groups is 1. The zero-order valence-electron chi connectivity index (χ0n) is 18.4. The van der Waals surface area contributed by atoms with Crippen LogP contribution in [0.25, 0.3) is 21.8 Å². The van der Waals surface area contributed by atoms with E-state index >= 15 is 0 Å². The molecule has 5 heteroatoms. The molecule has 1 N–H and O–H groups in total. The van der Waals surface area contributed by atoms with Gasteiger partial charge in [0, 0.05) is 39.5 Å². The normalized spacial score (nSPS) is 15.2. The fourth-order valence-corrected chi connectivity index (χ4v) is 5.89. The number of rotatable bonds is 7. The van der Waals surface area contributed by atoms with Gasteiger partial charge in [0.05, 0.1) is 10.6 Å². The number of hydrogen-bond acceptors (Lipinski definition) is 4. The van der Waals surface area contributed by atoms with Gasteiger partial charge in [0.2, 0.25) is 5.78 Å². The van der Waals surface area contributed by atoms with Gasteiger partial charge in [-0.2, -0.15) is 0 Å². The molecule has 4 nitrogen and oxygen atoms in total. The lowest BCUT2D eigenvalue weighted by Crippen LogP contribution is -2.05. The lowest BCUT2D eigenvalue weighted by atomic mass is 9.96. The Morgan fingerprint density at radius 1 is 1.06 bits per heavy atom. The largest absolute Gasteiger partial charge is 0.411 e. The van der Waals surface area contributed by atoms with Crippen molar-refractivity contribution in [1.82, 2.24) is 4.57 Å². The number of benzene rings is 2. The highest BCUT2D eigenvalue weighted by Gasteiger charge is 2.18. The molecule has 0 atom stereocenters. The van der Waals surface area contributed by atoms with Crippen LogP contribution in [0, 0.1) is 5.92 Å². The van der Waals surface area contributed by atoms with E-state index in [0.29, 0.717) is 5.56 Å². The molecule has 4 aromatic rings. The summed E-state index contributed by atoms with van der Waals surface area (Å²) < 4.78 is 2.28.